The van der Waals surface area contributed by atoms with Crippen molar-refractivity contribution < 1.29 is 8.42 Å². The van der Waals surface area contributed by atoms with Crippen LogP contribution < -0.4 is 4.72 Å². The molecule has 136 valence electrons. The molecule has 0 saturated carbocycles. The number of aryl methyl sites for hydroxylation is 3. The van der Waals surface area contributed by atoms with E-state index in [1.165, 1.54) is 11.3 Å². The Hall–Kier alpha value is -2.09. The second kappa shape index (κ2) is 7.65. The van der Waals surface area contributed by atoms with Crippen LogP contribution in [0.15, 0.2) is 46.9 Å². The molecule has 0 atom stereocenters. The number of sulfonamides is 1. The Morgan fingerprint density at radius 1 is 1.12 bits per heavy atom. The fourth-order valence-electron chi connectivity index (χ4n) is 2.66. The predicted molar refractivity (Wildman–Crippen MR) is 105 cm³/mol. The Balaban J connectivity index is 1.66. The maximum absolute atomic E-state index is 12.6. The van der Waals surface area contributed by atoms with Crippen molar-refractivity contribution in [1.82, 2.24) is 14.7 Å². The molecule has 26 heavy (non-hydrogen) atoms. The zero-order chi connectivity index (χ0) is 18.7. The molecule has 3 rings (SSSR count). The zero-order valence-corrected chi connectivity index (χ0v) is 16.6. The summed E-state index contributed by atoms with van der Waals surface area (Å²) in [5.41, 5.74) is 4.65. The summed E-state index contributed by atoms with van der Waals surface area (Å²) in [6.45, 7) is 6.03. The number of pyridine rings is 1. The number of hydrogen-bond acceptors (Lipinski definition) is 5. The molecule has 0 radical (unpaired) electrons. The van der Waals surface area contributed by atoms with Crippen LogP contribution in [0.2, 0.25) is 0 Å². The number of nitrogens with one attached hydrogen (secondary N) is 1. The number of benzene rings is 1. The van der Waals surface area contributed by atoms with Crippen molar-refractivity contribution in [3.05, 3.63) is 64.4 Å². The number of aromatic nitrogens is 2. The van der Waals surface area contributed by atoms with Gasteiger partial charge in [0.1, 0.15) is 5.01 Å². The minimum Gasteiger partial charge on any atom is -0.264 e. The Morgan fingerprint density at radius 3 is 2.62 bits per heavy atom. The molecule has 0 fully saturated rings. The van der Waals surface area contributed by atoms with E-state index in [4.69, 9.17) is 0 Å². The van der Waals surface area contributed by atoms with Gasteiger partial charge in [0, 0.05) is 36.3 Å². The second-order valence-corrected chi connectivity index (χ2v) is 8.83. The third-order valence-corrected chi connectivity index (χ3v) is 6.76. The lowest BCUT2D eigenvalue weighted by Crippen LogP contribution is -2.26. The second-order valence-electron chi connectivity index (χ2n) is 6.24. The molecule has 0 aliphatic rings. The van der Waals surface area contributed by atoms with Gasteiger partial charge in [0.15, 0.2) is 0 Å². The van der Waals surface area contributed by atoms with Gasteiger partial charge >= 0.3 is 0 Å². The predicted octanol–water partition coefficient (Wildman–Crippen LogP) is 3.65. The topological polar surface area (TPSA) is 72.0 Å². The molecule has 2 heterocycles. The summed E-state index contributed by atoms with van der Waals surface area (Å²) in [4.78, 5) is 9.00. The number of hydrogen-bond donors (Lipinski definition) is 1. The molecule has 3 aromatic rings. The van der Waals surface area contributed by atoms with Crippen LogP contribution in [0.1, 0.15) is 22.4 Å². The molecule has 1 aromatic carbocycles. The fourth-order valence-corrected chi connectivity index (χ4v) is 4.84. The first-order valence-electron chi connectivity index (χ1n) is 8.29. The molecule has 0 aliphatic carbocycles. The highest BCUT2D eigenvalue weighted by Crippen LogP contribution is 2.23. The lowest BCUT2D eigenvalue weighted by molar-refractivity contribution is 0.580. The molecule has 0 amide bonds. The largest absolute Gasteiger partial charge is 0.264 e. The SMILES string of the molecule is Cc1cc(C)c(S(=O)(=O)NCCc2csc(-c3cccnc3)n2)cc1C. The quantitative estimate of drug-likeness (QED) is 0.701. The van der Waals surface area contributed by atoms with Crippen molar-refractivity contribution in [2.75, 3.05) is 6.54 Å². The minimum atomic E-state index is -3.53. The van der Waals surface area contributed by atoms with Gasteiger partial charge in [-0.2, -0.15) is 0 Å². The summed E-state index contributed by atoms with van der Waals surface area (Å²) in [7, 11) is -3.53. The number of thiazole rings is 1. The van der Waals surface area contributed by atoms with Gasteiger partial charge < -0.3 is 0 Å². The van der Waals surface area contributed by atoms with Crippen LogP contribution in [0.3, 0.4) is 0 Å². The van der Waals surface area contributed by atoms with Gasteiger partial charge in [0.05, 0.1) is 10.6 Å². The normalized spacial score (nSPS) is 11.7. The lowest BCUT2D eigenvalue weighted by Gasteiger charge is -2.11. The van der Waals surface area contributed by atoms with Gasteiger partial charge in [-0.25, -0.2) is 18.1 Å². The summed E-state index contributed by atoms with van der Waals surface area (Å²) < 4.78 is 27.9. The molecule has 0 aliphatic heterocycles. The van der Waals surface area contributed by atoms with E-state index in [-0.39, 0.29) is 0 Å². The lowest BCUT2D eigenvalue weighted by atomic mass is 10.1. The van der Waals surface area contributed by atoms with Crippen LogP contribution in [0.5, 0.6) is 0 Å². The van der Waals surface area contributed by atoms with Crippen LogP contribution in [0, 0.1) is 20.8 Å². The molecule has 0 bridgehead atoms. The zero-order valence-electron chi connectivity index (χ0n) is 15.0. The molecular formula is C19H21N3O2S2. The summed E-state index contributed by atoms with van der Waals surface area (Å²) in [5.74, 6) is 0. The van der Waals surface area contributed by atoms with Crippen LogP contribution >= 0.6 is 11.3 Å². The van der Waals surface area contributed by atoms with Gasteiger partial charge in [-0.3, -0.25) is 4.98 Å². The maximum Gasteiger partial charge on any atom is 0.240 e. The van der Waals surface area contributed by atoms with Crippen LogP contribution in [0.4, 0.5) is 0 Å². The third-order valence-electron chi connectivity index (χ3n) is 4.21. The maximum atomic E-state index is 12.6. The van der Waals surface area contributed by atoms with E-state index in [1.54, 1.807) is 18.5 Å². The molecule has 0 spiro atoms. The van der Waals surface area contributed by atoms with Crippen molar-refractivity contribution >= 4 is 21.4 Å². The van der Waals surface area contributed by atoms with Gasteiger partial charge in [-0.05, 0) is 55.7 Å². The van der Waals surface area contributed by atoms with Crippen LogP contribution in [-0.2, 0) is 16.4 Å². The highest BCUT2D eigenvalue weighted by molar-refractivity contribution is 7.89. The van der Waals surface area contributed by atoms with Gasteiger partial charge in [0.25, 0.3) is 0 Å². The standard InChI is InChI=1S/C19H21N3O2S2/c1-13-9-15(3)18(10-14(13)2)26(23,24)21-8-6-17-12-25-19(22-17)16-5-4-7-20-11-16/h4-5,7,9-12,21H,6,8H2,1-3H3. The van der Waals surface area contributed by atoms with E-state index < -0.39 is 10.0 Å². The summed E-state index contributed by atoms with van der Waals surface area (Å²) >= 11 is 1.53. The first-order valence-corrected chi connectivity index (χ1v) is 10.7. The Labute approximate surface area is 158 Å². The van der Waals surface area contributed by atoms with Crippen molar-refractivity contribution in [2.24, 2.45) is 0 Å². The van der Waals surface area contributed by atoms with E-state index in [2.05, 4.69) is 14.7 Å². The van der Waals surface area contributed by atoms with Crippen molar-refractivity contribution in [1.29, 1.82) is 0 Å². The average molecular weight is 388 g/mol. The molecule has 0 saturated heterocycles. The molecule has 7 heteroatoms. The molecule has 1 N–H and O–H groups in total. The van der Waals surface area contributed by atoms with E-state index in [1.807, 2.05) is 44.4 Å². The summed E-state index contributed by atoms with van der Waals surface area (Å²) in [5, 5.41) is 2.85. The molecular weight excluding hydrogens is 366 g/mol. The first kappa shape index (κ1) is 18.7. The Morgan fingerprint density at radius 2 is 1.88 bits per heavy atom. The highest BCUT2D eigenvalue weighted by Gasteiger charge is 2.17. The number of rotatable bonds is 6. The Kier molecular flexibility index (Phi) is 5.50. The van der Waals surface area contributed by atoms with Gasteiger partial charge in [-0.15, -0.1) is 11.3 Å². The van der Waals surface area contributed by atoms with Gasteiger partial charge in [-0.1, -0.05) is 6.07 Å². The van der Waals surface area contributed by atoms with Crippen LogP contribution in [-0.4, -0.2) is 24.9 Å². The third kappa shape index (κ3) is 4.17. The monoisotopic (exact) mass is 387 g/mol. The molecule has 2 aromatic heterocycles. The smallest absolute Gasteiger partial charge is 0.240 e. The fraction of sp³-hybridized carbons (Fsp3) is 0.263. The highest BCUT2D eigenvalue weighted by atomic mass is 32.2. The number of nitrogens with zero attached hydrogens (tertiary/aromatic N) is 2. The van der Waals surface area contributed by atoms with Crippen molar-refractivity contribution in [2.45, 2.75) is 32.1 Å². The van der Waals surface area contributed by atoms with E-state index in [0.29, 0.717) is 17.9 Å². The summed E-state index contributed by atoms with van der Waals surface area (Å²) in [6.07, 6.45) is 4.04. The molecule has 0 unspecified atom stereocenters. The average Bonchev–Trinajstić information content (AvgIpc) is 3.07. The van der Waals surface area contributed by atoms with Crippen molar-refractivity contribution in [3.63, 3.8) is 0 Å². The molecule has 5 nitrogen and oxygen atoms in total. The van der Waals surface area contributed by atoms with E-state index >= 15 is 0 Å². The minimum absolute atomic E-state index is 0.310. The van der Waals surface area contributed by atoms with Crippen molar-refractivity contribution in [3.8, 4) is 10.6 Å². The van der Waals surface area contributed by atoms with Gasteiger partial charge in [0.2, 0.25) is 10.0 Å². The van der Waals surface area contributed by atoms with E-state index in [9.17, 15) is 8.42 Å². The Bertz CT molecular complexity index is 1010. The first-order chi connectivity index (χ1) is 12.4. The van der Waals surface area contributed by atoms with Crippen LogP contribution in [0.25, 0.3) is 10.6 Å². The van der Waals surface area contributed by atoms with E-state index in [0.717, 1.165) is 33.0 Å². The summed E-state index contributed by atoms with van der Waals surface area (Å²) in [6, 6.07) is 7.47.